The molecule has 0 aromatic heterocycles. The first-order valence-corrected chi connectivity index (χ1v) is 7.84. The van der Waals surface area contributed by atoms with E-state index in [9.17, 15) is 0 Å². The molecule has 0 atom stereocenters. The third kappa shape index (κ3) is 3.53. The van der Waals surface area contributed by atoms with E-state index in [0.717, 1.165) is 16.7 Å². The topological polar surface area (TPSA) is 12.0 Å². The van der Waals surface area contributed by atoms with Gasteiger partial charge in [0.05, 0.1) is 0 Å². The quantitative estimate of drug-likeness (QED) is 0.787. The third-order valence-electron chi connectivity index (χ3n) is 2.81. The monoisotopic (exact) mass is 321 g/mol. The molecule has 0 heterocycles. The summed E-state index contributed by atoms with van der Waals surface area (Å²) in [5.74, 6) is 0. The number of hydrogen-bond donors (Lipinski definition) is 1. The van der Waals surface area contributed by atoms with E-state index in [4.69, 9.17) is 0 Å². The number of aryl methyl sites for hydroxylation is 1. The second-order valence-corrected chi connectivity index (χ2v) is 5.90. The lowest BCUT2D eigenvalue weighted by molar-refractivity contribution is 1.13. The molecule has 0 amide bonds. The zero-order valence-electron chi connectivity index (χ0n) is 10.5. The highest BCUT2D eigenvalue weighted by Crippen LogP contribution is 2.20. The number of rotatable bonds is 4. The van der Waals surface area contributed by atoms with Crippen LogP contribution in [-0.2, 0) is 6.54 Å². The second-order valence-electron chi connectivity index (χ2n) is 4.17. The predicted octanol–water partition coefficient (Wildman–Crippen LogP) is 5.09. The lowest BCUT2D eigenvalue weighted by Crippen LogP contribution is -1.99. The molecule has 0 bridgehead atoms. The van der Waals surface area contributed by atoms with Crippen LogP contribution in [0.25, 0.3) is 0 Å². The summed E-state index contributed by atoms with van der Waals surface area (Å²) in [6.07, 6.45) is 2.09. The van der Waals surface area contributed by atoms with Gasteiger partial charge in [-0.2, -0.15) is 0 Å². The first-order valence-electron chi connectivity index (χ1n) is 5.82. The summed E-state index contributed by atoms with van der Waals surface area (Å²) in [5, 5.41) is 3.43. The van der Waals surface area contributed by atoms with Crippen LogP contribution >= 0.6 is 27.7 Å². The Morgan fingerprint density at radius 3 is 2.44 bits per heavy atom. The van der Waals surface area contributed by atoms with Gasteiger partial charge in [-0.05, 0) is 54.6 Å². The molecule has 0 unspecified atom stereocenters. The maximum absolute atomic E-state index is 3.52. The van der Waals surface area contributed by atoms with E-state index >= 15 is 0 Å². The van der Waals surface area contributed by atoms with Crippen LogP contribution < -0.4 is 5.32 Å². The first kappa shape index (κ1) is 13.5. The van der Waals surface area contributed by atoms with Crippen molar-refractivity contribution in [1.29, 1.82) is 0 Å². The smallest absolute Gasteiger partial charge is 0.0400 e. The van der Waals surface area contributed by atoms with Crippen LogP contribution in [0.4, 0.5) is 5.69 Å². The van der Waals surface area contributed by atoms with Crippen LogP contribution in [0.1, 0.15) is 11.1 Å². The van der Waals surface area contributed by atoms with Gasteiger partial charge in [0.2, 0.25) is 0 Å². The summed E-state index contributed by atoms with van der Waals surface area (Å²) < 4.78 is 1.16. The zero-order chi connectivity index (χ0) is 13.0. The Morgan fingerprint density at radius 1 is 1.11 bits per heavy atom. The molecular weight excluding hydrogens is 306 g/mol. The lowest BCUT2D eigenvalue weighted by Gasteiger charge is -2.08. The molecule has 1 N–H and O–H groups in total. The largest absolute Gasteiger partial charge is 0.381 e. The van der Waals surface area contributed by atoms with Gasteiger partial charge in [-0.15, -0.1) is 11.8 Å². The Hall–Kier alpha value is -0.930. The van der Waals surface area contributed by atoms with Gasteiger partial charge >= 0.3 is 0 Å². The van der Waals surface area contributed by atoms with Crippen molar-refractivity contribution in [2.24, 2.45) is 0 Å². The fourth-order valence-electron chi connectivity index (χ4n) is 1.73. The van der Waals surface area contributed by atoms with Crippen molar-refractivity contribution in [2.75, 3.05) is 11.6 Å². The molecular formula is C15H16BrNS. The van der Waals surface area contributed by atoms with Gasteiger partial charge in [0.1, 0.15) is 0 Å². The minimum Gasteiger partial charge on any atom is -0.381 e. The highest BCUT2D eigenvalue weighted by Gasteiger charge is 1.98. The van der Waals surface area contributed by atoms with Crippen LogP contribution in [0.15, 0.2) is 51.8 Å². The number of hydrogen-bond acceptors (Lipinski definition) is 2. The van der Waals surface area contributed by atoms with Crippen molar-refractivity contribution in [3.8, 4) is 0 Å². The fourth-order valence-corrected chi connectivity index (χ4v) is 2.38. The Labute approximate surface area is 121 Å². The van der Waals surface area contributed by atoms with E-state index in [-0.39, 0.29) is 0 Å². The molecule has 18 heavy (non-hydrogen) atoms. The third-order valence-corrected chi connectivity index (χ3v) is 4.44. The van der Waals surface area contributed by atoms with Crippen LogP contribution in [-0.4, -0.2) is 6.26 Å². The summed E-state index contributed by atoms with van der Waals surface area (Å²) in [7, 11) is 0. The van der Waals surface area contributed by atoms with Crippen molar-refractivity contribution < 1.29 is 0 Å². The van der Waals surface area contributed by atoms with E-state index in [1.54, 1.807) is 11.8 Å². The van der Waals surface area contributed by atoms with Crippen molar-refractivity contribution >= 4 is 33.4 Å². The van der Waals surface area contributed by atoms with Crippen molar-refractivity contribution in [2.45, 2.75) is 18.4 Å². The standard InChI is InChI=1S/C15H16BrNS/c1-11-9-12(3-8-15(11)16)10-17-13-4-6-14(18-2)7-5-13/h3-9,17H,10H2,1-2H3. The van der Waals surface area contributed by atoms with Gasteiger partial charge in [-0.3, -0.25) is 0 Å². The van der Waals surface area contributed by atoms with Gasteiger partial charge in [0.15, 0.2) is 0 Å². The van der Waals surface area contributed by atoms with Crippen LogP contribution in [0, 0.1) is 6.92 Å². The minimum atomic E-state index is 0.854. The van der Waals surface area contributed by atoms with E-state index in [0.29, 0.717) is 0 Å². The lowest BCUT2D eigenvalue weighted by atomic mass is 10.1. The average Bonchev–Trinajstić information content (AvgIpc) is 2.41. The highest BCUT2D eigenvalue weighted by atomic mass is 79.9. The first-order chi connectivity index (χ1) is 8.69. The molecule has 0 aliphatic rings. The van der Waals surface area contributed by atoms with Gasteiger partial charge in [-0.1, -0.05) is 28.1 Å². The molecule has 0 saturated carbocycles. The molecule has 3 heteroatoms. The van der Waals surface area contributed by atoms with Crippen LogP contribution in [0.5, 0.6) is 0 Å². The number of halogens is 1. The predicted molar refractivity (Wildman–Crippen MR) is 84.4 cm³/mol. The normalized spacial score (nSPS) is 10.4. The molecule has 94 valence electrons. The van der Waals surface area contributed by atoms with Crippen LogP contribution in [0.2, 0.25) is 0 Å². The summed E-state index contributed by atoms with van der Waals surface area (Å²) in [4.78, 5) is 1.29. The number of anilines is 1. The highest BCUT2D eigenvalue weighted by molar-refractivity contribution is 9.10. The van der Waals surface area contributed by atoms with Crippen molar-refractivity contribution in [3.05, 3.63) is 58.1 Å². The molecule has 0 saturated heterocycles. The van der Waals surface area contributed by atoms with Gasteiger partial charge in [0, 0.05) is 21.6 Å². The minimum absolute atomic E-state index is 0.854. The van der Waals surface area contributed by atoms with Crippen LogP contribution in [0.3, 0.4) is 0 Å². The van der Waals surface area contributed by atoms with E-state index < -0.39 is 0 Å². The molecule has 0 aliphatic heterocycles. The van der Waals surface area contributed by atoms with Gasteiger partial charge in [-0.25, -0.2) is 0 Å². The summed E-state index contributed by atoms with van der Waals surface area (Å²) in [5.41, 5.74) is 3.73. The molecule has 0 fully saturated rings. The van der Waals surface area contributed by atoms with E-state index in [1.807, 2.05) is 0 Å². The molecule has 0 aliphatic carbocycles. The Morgan fingerprint density at radius 2 is 1.83 bits per heavy atom. The molecule has 0 spiro atoms. The average molecular weight is 322 g/mol. The number of nitrogens with one attached hydrogen (secondary N) is 1. The van der Waals surface area contributed by atoms with Gasteiger partial charge in [0.25, 0.3) is 0 Å². The van der Waals surface area contributed by atoms with E-state index in [2.05, 4.69) is 76.9 Å². The van der Waals surface area contributed by atoms with Gasteiger partial charge < -0.3 is 5.32 Å². The molecule has 2 aromatic carbocycles. The number of benzene rings is 2. The maximum atomic E-state index is 3.52. The Kier molecular flexibility index (Phi) is 4.72. The Bertz CT molecular complexity index is 523. The SMILES string of the molecule is CSc1ccc(NCc2ccc(Br)c(C)c2)cc1. The fraction of sp³-hybridized carbons (Fsp3) is 0.200. The molecule has 2 rings (SSSR count). The van der Waals surface area contributed by atoms with E-state index in [1.165, 1.54) is 16.0 Å². The summed E-state index contributed by atoms with van der Waals surface area (Å²) in [6, 6.07) is 15.0. The second kappa shape index (κ2) is 6.30. The molecule has 0 radical (unpaired) electrons. The molecule has 2 aromatic rings. The van der Waals surface area contributed by atoms with Crippen molar-refractivity contribution in [1.82, 2.24) is 0 Å². The number of thioether (sulfide) groups is 1. The summed E-state index contributed by atoms with van der Waals surface area (Å²) >= 11 is 5.28. The summed E-state index contributed by atoms with van der Waals surface area (Å²) in [6.45, 7) is 2.97. The maximum Gasteiger partial charge on any atom is 0.0400 e. The Balaban J connectivity index is 1.99. The zero-order valence-corrected chi connectivity index (χ0v) is 12.9. The molecule has 1 nitrogen and oxygen atoms in total. The van der Waals surface area contributed by atoms with Crippen molar-refractivity contribution in [3.63, 3.8) is 0 Å².